The Bertz CT molecular complexity index is 1190. The summed E-state index contributed by atoms with van der Waals surface area (Å²) < 4.78 is 0. The second-order valence-corrected chi connectivity index (χ2v) is 11.2. The van der Waals surface area contributed by atoms with Crippen molar-refractivity contribution in [2.75, 3.05) is 80.2 Å². The fourth-order valence-electron chi connectivity index (χ4n) is 4.68. The number of hydrogen-bond acceptors (Lipinski definition) is 10. The van der Waals surface area contributed by atoms with E-state index in [1.54, 1.807) is 30.2 Å². The molecule has 0 aliphatic carbocycles. The molecule has 9 nitrogen and oxygen atoms in total. The molecule has 2 aromatic heterocycles. The van der Waals surface area contributed by atoms with Crippen LogP contribution in [0.25, 0.3) is 0 Å². The Labute approximate surface area is 237 Å². The van der Waals surface area contributed by atoms with Gasteiger partial charge in [-0.1, -0.05) is 13.0 Å². The highest BCUT2D eigenvalue weighted by molar-refractivity contribution is 7.97. The lowest BCUT2D eigenvalue weighted by Gasteiger charge is -2.40. The minimum atomic E-state index is -0.611. The Hall–Kier alpha value is -3.08. The molecule has 0 spiro atoms. The molecule has 10 heteroatoms. The van der Waals surface area contributed by atoms with E-state index in [0.29, 0.717) is 11.8 Å². The largest absolute Gasteiger partial charge is 0.395 e. The van der Waals surface area contributed by atoms with Crippen molar-refractivity contribution >= 4 is 40.7 Å². The number of likely N-dealkylation sites (N-methyl/N-ethyl adjacent to an activating group) is 2. The van der Waals surface area contributed by atoms with Crippen molar-refractivity contribution in [2.45, 2.75) is 32.2 Å². The van der Waals surface area contributed by atoms with Gasteiger partial charge in [0.25, 0.3) is 0 Å². The zero-order chi connectivity index (χ0) is 28.6. The van der Waals surface area contributed by atoms with Gasteiger partial charge in [0.1, 0.15) is 11.6 Å². The van der Waals surface area contributed by atoms with E-state index in [0.717, 1.165) is 43.2 Å². The van der Waals surface area contributed by atoms with Crippen molar-refractivity contribution in [3.63, 3.8) is 0 Å². The van der Waals surface area contributed by atoms with E-state index in [4.69, 9.17) is 5.73 Å². The quantitative estimate of drug-likeness (QED) is 0.379. The average Bonchev–Trinajstić information content (AvgIpc) is 2.93. The number of hydrogen-bond donors (Lipinski definition) is 3. The zero-order valence-electron chi connectivity index (χ0n) is 24.3. The fraction of sp³-hybridized carbons (Fsp3) is 0.483. The van der Waals surface area contributed by atoms with Gasteiger partial charge in [0.15, 0.2) is 0 Å². The minimum Gasteiger partial charge on any atom is -0.395 e. The number of pyridine rings is 1. The second-order valence-electron chi connectivity index (χ2n) is 10.4. The third-order valence-electron chi connectivity index (χ3n) is 7.56. The van der Waals surface area contributed by atoms with Gasteiger partial charge >= 0.3 is 0 Å². The molecule has 2 atom stereocenters. The zero-order valence-corrected chi connectivity index (χ0v) is 25.2. The van der Waals surface area contributed by atoms with Crippen LogP contribution in [0.5, 0.6) is 0 Å². The molecule has 212 valence electrons. The summed E-state index contributed by atoms with van der Waals surface area (Å²) in [6.07, 6.45) is 7.66. The van der Waals surface area contributed by atoms with Gasteiger partial charge in [0.05, 0.1) is 6.61 Å². The van der Waals surface area contributed by atoms with Crippen LogP contribution in [0, 0.1) is 6.92 Å². The van der Waals surface area contributed by atoms with Crippen molar-refractivity contribution in [3.05, 3.63) is 59.9 Å². The summed E-state index contributed by atoms with van der Waals surface area (Å²) in [5.74, 6) is 1.73. The maximum atomic E-state index is 10.4. The van der Waals surface area contributed by atoms with Gasteiger partial charge < -0.3 is 30.9 Å². The molecule has 1 saturated heterocycles. The number of aliphatic hydroxyl groups is 1. The van der Waals surface area contributed by atoms with Crippen LogP contribution >= 0.6 is 11.8 Å². The molecule has 0 saturated carbocycles. The Morgan fingerprint density at radius 3 is 2.33 bits per heavy atom. The number of thioether (sulfide) groups is 1. The number of rotatable bonds is 8. The van der Waals surface area contributed by atoms with E-state index in [2.05, 4.69) is 69.2 Å². The molecule has 0 radical (unpaired) electrons. The van der Waals surface area contributed by atoms with Crippen LogP contribution in [-0.4, -0.2) is 90.4 Å². The first-order valence-corrected chi connectivity index (χ1v) is 14.9. The van der Waals surface area contributed by atoms with Crippen LogP contribution in [0.15, 0.2) is 48.8 Å². The van der Waals surface area contributed by atoms with Gasteiger partial charge in [-0.05, 0) is 74.9 Å². The number of nitrogens with two attached hydrogens (primary N) is 1. The van der Waals surface area contributed by atoms with Crippen LogP contribution in [0.2, 0.25) is 0 Å². The van der Waals surface area contributed by atoms with Crippen molar-refractivity contribution < 1.29 is 5.11 Å². The summed E-state index contributed by atoms with van der Waals surface area (Å²) in [7, 11) is 4.12. The molecule has 1 aromatic carbocycles. The van der Waals surface area contributed by atoms with Gasteiger partial charge in [-0.2, -0.15) is 11.8 Å². The van der Waals surface area contributed by atoms with Crippen LogP contribution in [-0.2, 0) is 5.41 Å². The van der Waals surface area contributed by atoms with Crippen molar-refractivity contribution in [2.24, 2.45) is 0 Å². The van der Waals surface area contributed by atoms with Gasteiger partial charge in [-0.15, -0.1) is 0 Å². The lowest BCUT2D eigenvalue weighted by molar-refractivity contribution is 0.183. The fourth-order valence-corrected chi connectivity index (χ4v) is 4.68. The summed E-state index contributed by atoms with van der Waals surface area (Å²) >= 11 is 1.75. The number of aliphatic hydroxyl groups excluding tert-OH is 1. The molecule has 4 rings (SSSR count). The normalized spacial score (nSPS) is 16.1. The third kappa shape index (κ3) is 7.52. The summed E-state index contributed by atoms with van der Waals surface area (Å²) in [4.78, 5) is 20.4. The Morgan fingerprint density at radius 2 is 1.77 bits per heavy atom. The average molecular weight is 553 g/mol. The molecule has 1 aliphatic heterocycles. The lowest BCUT2D eigenvalue weighted by Crippen LogP contribution is -2.48. The minimum absolute atomic E-state index is 0.0656. The summed E-state index contributed by atoms with van der Waals surface area (Å²) in [5.41, 5.74) is 9.55. The molecular weight excluding hydrogens is 508 g/mol. The molecule has 0 bridgehead atoms. The number of aryl methyl sites for hydroxylation is 1. The highest BCUT2D eigenvalue weighted by Gasteiger charge is 2.36. The van der Waals surface area contributed by atoms with Gasteiger partial charge in [0.2, 0.25) is 5.95 Å². The molecule has 1 unspecified atom stereocenters. The standard InChI is InChI=1S/C27H38N8O.C2H6S/c1-19-15-22(9-10-23(19)35-13-11-33(4)12-14-35)31-26-29-16-21(17-30-26)27(3,18-36)20(2)34(5)25-8-6-7-24(28)32-25;1-3-2/h6-10,15-17,20,36H,11-14,18H2,1-5H3,(H2,28,32)(H,29,30,31);1-2H3/t20?,27-;/m0./s1. The molecule has 1 fully saturated rings. The SMILES string of the molecule is CSC.Cc1cc(Nc2ncc([C@@](C)(CO)C(C)N(C)c3cccc(N)n3)cn2)ccc1N1CCN(C)CC1. The van der Waals surface area contributed by atoms with E-state index in [1.165, 1.54) is 11.3 Å². The lowest BCUT2D eigenvalue weighted by atomic mass is 9.78. The highest BCUT2D eigenvalue weighted by atomic mass is 32.2. The predicted octanol–water partition coefficient (Wildman–Crippen LogP) is 4.01. The topological polar surface area (TPSA) is 107 Å². The summed E-state index contributed by atoms with van der Waals surface area (Å²) in [5, 5.41) is 13.7. The van der Waals surface area contributed by atoms with Crippen LogP contribution in [0.3, 0.4) is 0 Å². The van der Waals surface area contributed by atoms with Crippen LogP contribution in [0.4, 0.5) is 29.0 Å². The number of aromatic nitrogens is 3. The number of nitrogens with one attached hydrogen (secondary N) is 1. The van der Waals surface area contributed by atoms with E-state index >= 15 is 0 Å². The maximum Gasteiger partial charge on any atom is 0.227 e. The van der Waals surface area contributed by atoms with Gasteiger partial charge in [-0.3, -0.25) is 0 Å². The number of nitrogens with zero attached hydrogens (tertiary/aromatic N) is 6. The van der Waals surface area contributed by atoms with Gasteiger partial charge in [0, 0.05) is 68.5 Å². The number of anilines is 5. The molecule has 3 aromatic rings. The van der Waals surface area contributed by atoms with Crippen LogP contribution in [0.1, 0.15) is 25.0 Å². The molecule has 3 heterocycles. The highest BCUT2D eigenvalue weighted by Crippen LogP contribution is 2.32. The Kier molecular flexibility index (Phi) is 10.8. The van der Waals surface area contributed by atoms with E-state index < -0.39 is 5.41 Å². The summed E-state index contributed by atoms with van der Waals surface area (Å²) in [6.45, 7) is 10.4. The molecule has 39 heavy (non-hydrogen) atoms. The Balaban J connectivity index is 0.00000134. The first-order chi connectivity index (χ1) is 18.6. The maximum absolute atomic E-state index is 10.4. The monoisotopic (exact) mass is 552 g/mol. The van der Waals surface area contributed by atoms with E-state index in [9.17, 15) is 5.11 Å². The first-order valence-electron chi connectivity index (χ1n) is 13.2. The van der Waals surface area contributed by atoms with Gasteiger partial charge in [-0.25, -0.2) is 15.0 Å². The van der Waals surface area contributed by atoms with E-state index in [1.807, 2.05) is 43.5 Å². The second kappa shape index (κ2) is 13.8. The van der Waals surface area contributed by atoms with Crippen LogP contribution < -0.4 is 20.9 Å². The number of benzene rings is 1. The third-order valence-corrected chi connectivity index (χ3v) is 7.56. The van der Waals surface area contributed by atoms with E-state index in [-0.39, 0.29) is 12.6 Å². The smallest absolute Gasteiger partial charge is 0.227 e. The molecule has 0 amide bonds. The van der Waals surface area contributed by atoms with Crippen molar-refractivity contribution in [1.29, 1.82) is 0 Å². The van der Waals surface area contributed by atoms with Crippen molar-refractivity contribution in [3.8, 4) is 0 Å². The number of piperazine rings is 1. The molecular formula is C29H44N8OS. The Morgan fingerprint density at radius 1 is 1.13 bits per heavy atom. The molecule has 4 N–H and O–H groups in total. The first kappa shape index (κ1) is 30.5. The summed E-state index contributed by atoms with van der Waals surface area (Å²) in [6, 6.07) is 11.8. The predicted molar refractivity (Wildman–Crippen MR) is 167 cm³/mol. The number of nitrogen functional groups attached to an aromatic ring is 1. The van der Waals surface area contributed by atoms with Crippen molar-refractivity contribution in [1.82, 2.24) is 19.9 Å². The molecule has 1 aliphatic rings.